The van der Waals surface area contributed by atoms with E-state index < -0.39 is 29.4 Å². The lowest BCUT2D eigenvalue weighted by atomic mass is 10.0. The van der Waals surface area contributed by atoms with Gasteiger partial charge in [0.1, 0.15) is 23.1 Å². The molecule has 0 bridgehead atoms. The van der Waals surface area contributed by atoms with Crippen LogP contribution in [0.5, 0.6) is 5.88 Å². The van der Waals surface area contributed by atoms with Gasteiger partial charge in [-0.1, -0.05) is 36.4 Å². The van der Waals surface area contributed by atoms with Crippen molar-refractivity contribution in [3.63, 3.8) is 0 Å². The molecule has 0 fully saturated rings. The normalized spacial score (nSPS) is 11.4. The minimum Gasteiger partial charge on any atom is -0.480 e. The third kappa shape index (κ3) is 7.67. The maximum absolute atomic E-state index is 15.1. The first-order valence-corrected chi connectivity index (χ1v) is 16.8. The summed E-state index contributed by atoms with van der Waals surface area (Å²) in [6, 6.07) is 19.4. The van der Waals surface area contributed by atoms with Crippen LogP contribution in [0.3, 0.4) is 0 Å². The van der Waals surface area contributed by atoms with Crippen LogP contribution in [0, 0.1) is 11.6 Å². The molecule has 0 saturated heterocycles. The van der Waals surface area contributed by atoms with E-state index in [1.54, 1.807) is 6.20 Å². The monoisotopic (exact) mass is 712 g/mol. The molecule has 6 rings (SSSR count). The maximum atomic E-state index is 15.1. The predicted molar refractivity (Wildman–Crippen MR) is 190 cm³/mol. The third-order valence-corrected chi connectivity index (χ3v) is 9.65. The van der Waals surface area contributed by atoms with E-state index in [1.807, 2.05) is 54.4 Å². The molecule has 4 aromatic heterocycles. The highest BCUT2D eigenvalue weighted by molar-refractivity contribution is 7.22. The van der Waals surface area contributed by atoms with Gasteiger partial charge in [-0.25, -0.2) is 18.1 Å². The van der Waals surface area contributed by atoms with Crippen molar-refractivity contribution in [2.45, 2.75) is 25.9 Å². The summed E-state index contributed by atoms with van der Waals surface area (Å²) in [7, 11) is 4.79. The molecular formula is C37H34F2N6O5S. The van der Waals surface area contributed by atoms with Crippen molar-refractivity contribution in [1.29, 1.82) is 0 Å². The molecule has 0 aliphatic rings. The smallest absolute Gasteiger partial charge is 0.338 e. The van der Waals surface area contributed by atoms with E-state index in [1.165, 1.54) is 48.3 Å². The van der Waals surface area contributed by atoms with Gasteiger partial charge < -0.3 is 14.4 Å². The number of carbonyl (C=O) groups is 1. The van der Waals surface area contributed by atoms with E-state index in [9.17, 15) is 14.4 Å². The first-order valence-electron chi connectivity index (χ1n) is 16.0. The summed E-state index contributed by atoms with van der Waals surface area (Å²) in [6.45, 7) is 0.379. The van der Waals surface area contributed by atoms with Gasteiger partial charge in [0.15, 0.2) is 11.6 Å². The Kier molecular flexibility index (Phi) is 10.8. The van der Waals surface area contributed by atoms with Gasteiger partial charge in [-0.3, -0.25) is 19.1 Å². The number of halogens is 2. The lowest BCUT2D eigenvalue weighted by molar-refractivity contribution is -0.121. The standard InChI is InChI=1S/C37H34F2N6O5S/c1-43(18-16-25-7-4-5-17-40-25)20-28-33-35(47)45(31-14-15-32(50-3)42-41-31)37(48)44(21-27-29(38)8-6-9-30(27)39)36(33)51-34(28)24-12-10-23(11-13-24)19-26(46)22-49-2/h4-15,17H,16,18-22H2,1-3H3. The van der Waals surface area contributed by atoms with Crippen molar-refractivity contribution >= 4 is 27.3 Å². The van der Waals surface area contributed by atoms with Crippen LogP contribution in [0.25, 0.3) is 26.5 Å². The van der Waals surface area contributed by atoms with Gasteiger partial charge in [-0.2, -0.15) is 0 Å². The fourth-order valence-corrected chi connectivity index (χ4v) is 7.09. The molecule has 0 unspecified atom stereocenters. The second kappa shape index (κ2) is 15.6. The van der Waals surface area contributed by atoms with E-state index >= 15 is 8.78 Å². The van der Waals surface area contributed by atoms with E-state index in [-0.39, 0.29) is 52.8 Å². The Morgan fingerprint density at radius 3 is 2.33 bits per heavy atom. The number of pyridine rings is 1. The minimum absolute atomic E-state index is 0.00195. The van der Waals surface area contributed by atoms with Crippen LogP contribution in [0.2, 0.25) is 0 Å². The molecule has 0 aliphatic carbocycles. The van der Waals surface area contributed by atoms with E-state index in [0.717, 1.165) is 33.5 Å². The molecule has 0 atom stereocenters. The number of thiophene rings is 1. The molecule has 0 aliphatic heterocycles. The molecule has 11 nitrogen and oxygen atoms in total. The van der Waals surface area contributed by atoms with Gasteiger partial charge in [-0.15, -0.1) is 21.5 Å². The summed E-state index contributed by atoms with van der Waals surface area (Å²) < 4.78 is 42.3. The molecule has 262 valence electrons. The van der Waals surface area contributed by atoms with Crippen molar-refractivity contribution in [2.24, 2.45) is 0 Å². The number of aromatic nitrogens is 5. The summed E-state index contributed by atoms with van der Waals surface area (Å²) >= 11 is 1.18. The predicted octanol–water partition coefficient (Wildman–Crippen LogP) is 4.83. The number of Topliss-reactive ketones (excluding diaryl/α,β-unsaturated/α-hetero) is 1. The first kappa shape index (κ1) is 35.4. The highest BCUT2D eigenvalue weighted by Crippen LogP contribution is 2.38. The molecule has 14 heteroatoms. The van der Waals surface area contributed by atoms with Gasteiger partial charge in [0.05, 0.1) is 19.0 Å². The molecule has 6 aromatic rings. The Bertz CT molecular complexity index is 2270. The highest BCUT2D eigenvalue weighted by Gasteiger charge is 2.26. The van der Waals surface area contributed by atoms with Crippen LogP contribution in [0.1, 0.15) is 22.4 Å². The summed E-state index contributed by atoms with van der Waals surface area (Å²) in [4.78, 5) is 48.4. The fourth-order valence-electron chi connectivity index (χ4n) is 5.79. The SMILES string of the molecule is COCC(=O)Cc1ccc(-c2sc3c(c2CN(C)CCc2ccccn2)c(=O)n(-c2ccc(OC)nn2)c(=O)n3Cc2c(F)cccc2F)cc1. The van der Waals surface area contributed by atoms with Gasteiger partial charge >= 0.3 is 5.69 Å². The zero-order chi connectivity index (χ0) is 36.1. The number of ketones is 1. The van der Waals surface area contributed by atoms with Crippen LogP contribution in [0.15, 0.2) is 88.6 Å². The summed E-state index contributed by atoms with van der Waals surface area (Å²) in [5.41, 5.74) is 1.20. The van der Waals surface area contributed by atoms with E-state index in [2.05, 4.69) is 15.2 Å². The number of rotatable bonds is 14. The molecule has 4 heterocycles. The molecule has 0 spiro atoms. The topological polar surface area (TPSA) is 121 Å². The second-order valence-electron chi connectivity index (χ2n) is 11.9. The van der Waals surface area contributed by atoms with Gasteiger partial charge in [0, 0.05) is 61.4 Å². The summed E-state index contributed by atoms with van der Waals surface area (Å²) in [5.74, 6) is -1.65. The van der Waals surface area contributed by atoms with E-state index in [4.69, 9.17) is 9.47 Å². The summed E-state index contributed by atoms with van der Waals surface area (Å²) in [6.07, 6.45) is 2.56. The first-order chi connectivity index (χ1) is 24.7. The second-order valence-corrected chi connectivity index (χ2v) is 12.9. The Labute approximate surface area is 295 Å². The lowest BCUT2D eigenvalue weighted by Gasteiger charge is -2.18. The number of fused-ring (bicyclic) bond motifs is 1. The largest absolute Gasteiger partial charge is 0.480 e. The minimum atomic E-state index is -0.843. The fraction of sp³-hybridized carbons (Fsp3) is 0.243. The molecule has 0 radical (unpaired) electrons. The van der Waals surface area contributed by atoms with Gasteiger partial charge in [-0.05, 0) is 54.1 Å². The Morgan fingerprint density at radius 1 is 0.922 bits per heavy atom. The number of nitrogens with zero attached hydrogens (tertiary/aromatic N) is 6. The molecule has 0 amide bonds. The van der Waals surface area contributed by atoms with Gasteiger partial charge in [0.2, 0.25) is 5.88 Å². The Balaban J connectivity index is 1.56. The zero-order valence-electron chi connectivity index (χ0n) is 28.1. The number of likely N-dealkylation sites (N-methyl/N-ethyl adjacent to an activating group) is 1. The average Bonchev–Trinajstić information content (AvgIpc) is 3.50. The van der Waals surface area contributed by atoms with Crippen molar-refractivity contribution in [1.82, 2.24) is 29.2 Å². The molecule has 2 aromatic carbocycles. The van der Waals surface area contributed by atoms with Crippen LogP contribution in [-0.4, -0.2) is 69.4 Å². The van der Waals surface area contributed by atoms with Gasteiger partial charge in [0.25, 0.3) is 5.56 Å². The number of ether oxygens (including phenoxy) is 2. The Hall–Kier alpha value is -5.44. The number of benzene rings is 2. The number of carbonyl (C=O) groups excluding carboxylic acids is 1. The quantitative estimate of drug-likeness (QED) is 0.156. The van der Waals surface area contributed by atoms with Crippen molar-refractivity contribution < 1.29 is 23.0 Å². The molecule has 0 saturated carbocycles. The van der Waals surface area contributed by atoms with Crippen LogP contribution in [0.4, 0.5) is 8.78 Å². The number of methoxy groups -OCH3 is 2. The summed E-state index contributed by atoms with van der Waals surface area (Å²) in [5, 5.41) is 8.23. The lowest BCUT2D eigenvalue weighted by Crippen LogP contribution is -2.40. The average molecular weight is 713 g/mol. The van der Waals surface area contributed by atoms with Crippen molar-refractivity contribution in [3.05, 3.63) is 134 Å². The Morgan fingerprint density at radius 2 is 1.69 bits per heavy atom. The van der Waals surface area contributed by atoms with E-state index in [0.29, 0.717) is 23.4 Å². The number of hydrogen-bond acceptors (Lipinski definition) is 10. The molecule has 51 heavy (non-hydrogen) atoms. The van der Waals surface area contributed by atoms with Crippen LogP contribution in [-0.2, 0) is 35.5 Å². The number of hydrogen-bond donors (Lipinski definition) is 0. The van der Waals surface area contributed by atoms with Crippen LogP contribution < -0.4 is 16.0 Å². The maximum Gasteiger partial charge on any atom is 0.338 e. The highest BCUT2D eigenvalue weighted by atomic mass is 32.1. The molecule has 0 N–H and O–H groups in total. The van der Waals surface area contributed by atoms with Crippen molar-refractivity contribution in [2.75, 3.05) is 34.4 Å². The van der Waals surface area contributed by atoms with Crippen LogP contribution >= 0.6 is 11.3 Å². The third-order valence-electron chi connectivity index (χ3n) is 8.34. The van der Waals surface area contributed by atoms with Crippen molar-refractivity contribution in [3.8, 4) is 22.1 Å². The molecular weight excluding hydrogens is 679 g/mol. The zero-order valence-corrected chi connectivity index (χ0v) is 29.0.